The van der Waals surface area contributed by atoms with Crippen molar-refractivity contribution in [2.45, 2.75) is 65.2 Å². The third-order valence-electron chi connectivity index (χ3n) is 2.63. The van der Waals surface area contributed by atoms with Crippen LogP contribution in [0, 0.1) is 5.92 Å². The van der Waals surface area contributed by atoms with Gasteiger partial charge < -0.3 is 4.79 Å². The van der Waals surface area contributed by atoms with Crippen LogP contribution in [-0.2, 0) is 4.79 Å². The molecule has 0 saturated carbocycles. The summed E-state index contributed by atoms with van der Waals surface area (Å²) in [7, 11) is 0. The topological polar surface area (TPSA) is 17.1 Å². The predicted molar refractivity (Wildman–Crippen MR) is 67.0 cm³/mol. The Labute approximate surface area is 95.0 Å². The van der Waals surface area contributed by atoms with E-state index in [2.05, 4.69) is 13.0 Å². The lowest BCUT2D eigenvalue weighted by Crippen LogP contribution is -1.88. The van der Waals surface area contributed by atoms with Crippen LogP contribution in [0.15, 0.2) is 12.2 Å². The standard InChI is InChI=1S/C14H26O/c1-3-4-5-6-7-8-9-10-11-12-14(2)13-15/h11-14H,3-10H2,1-2H3/b12-11+/t14-/m0/s1. The van der Waals surface area contributed by atoms with Crippen LogP contribution >= 0.6 is 0 Å². The minimum absolute atomic E-state index is 0.0922. The van der Waals surface area contributed by atoms with E-state index in [0.29, 0.717) is 0 Å². The summed E-state index contributed by atoms with van der Waals surface area (Å²) in [4.78, 5) is 10.3. The highest BCUT2D eigenvalue weighted by atomic mass is 16.1. The Hall–Kier alpha value is -0.590. The van der Waals surface area contributed by atoms with Crippen molar-refractivity contribution in [2.24, 2.45) is 5.92 Å². The molecule has 0 aliphatic carbocycles. The largest absolute Gasteiger partial charge is 0.303 e. The Kier molecular flexibility index (Phi) is 11.0. The van der Waals surface area contributed by atoms with Crippen LogP contribution in [0.25, 0.3) is 0 Å². The van der Waals surface area contributed by atoms with E-state index in [9.17, 15) is 4.79 Å². The smallest absolute Gasteiger partial charge is 0.126 e. The fourth-order valence-corrected chi connectivity index (χ4v) is 1.58. The number of aldehydes is 1. The third kappa shape index (κ3) is 11.3. The summed E-state index contributed by atoms with van der Waals surface area (Å²) in [6, 6.07) is 0. The molecule has 0 aliphatic heterocycles. The van der Waals surface area contributed by atoms with Gasteiger partial charge in [-0.2, -0.15) is 0 Å². The molecule has 1 heteroatoms. The molecule has 0 unspecified atom stereocenters. The Bertz CT molecular complexity index is 161. The van der Waals surface area contributed by atoms with Gasteiger partial charge in [-0.15, -0.1) is 0 Å². The summed E-state index contributed by atoms with van der Waals surface area (Å²) >= 11 is 0. The lowest BCUT2D eigenvalue weighted by atomic mass is 10.1. The maximum absolute atomic E-state index is 10.3. The highest BCUT2D eigenvalue weighted by molar-refractivity contribution is 5.55. The van der Waals surface area contributed by atoms with Crippen molar-refractivity contribution in [3.63, 3.8) is 0 Å². The van der Waals surface area contributed by atoms with Gasteiger partial charge in [-0.05, 0) is 12.8 Å². The number of hydrogen-bond acceptors (Lipinski definition) is 1. The molecule has 0 rings (SSSR count). The molecule has 0 radical (unpaired) electrons. The third-order valence-corrected chi connectivity index (χ3v) is 2.63. The van der Waals surface area contributed by atoms with E-state index < -0.39 is 0 Å². The average Bonchev–Trinajstić information content (AvgIpc) is 2.26. The molecule has 0 amide bonds. The van der Waals surface area contributed by atoms with Gasteiger partial charge in [0.1, 0.15) is 6.29 Å². The van der Waals surface area contributed by atoms with Crippen LogP contribution in [0.1, 0.15) is 65.2 Å². The highest BCUT2D eigenvalue weighted by Gasteiger charge is 1.91. The van der Waals surface area contributed by atoms with Crippen molar-refractivity contribution in [1.29, 1.82) is 0 Å². The first-order valence-corrected chi connectivity index (χ1v) is 6.43. The zero-order valence-electron chi connectivity index (χ0n) is 10.4. The van der Waals surface area contributed by atoms with Crippen LogP contribution in [0.5, 0.6) is 0 Å². The van der Waals surface area contributed by atoms with Gasteiger partial charge in [-0.1, -0.05) is 64.5 Å². The number of carbonyl (C=O) groups is 1. The van der Waals surface area contributed by atoms with Gasteiger partial charge in [0.2, 0.25) is 0 Å². The predicted octanol–water partition coefficient (Wildman–Crippen LogP) is 4.52. The van der Waals surface area contributed by atoms with Crippen molar-refractivity contribution < 1.29 is 4.79 Å². The van der Waals surface area contributed by atoms with Gasteiger partial charge in [-0.25, -0.2) is 0 Å². The molecule has 0 aliphatic rings. The van der Waals surface area contributed by atoms with E-state index in [-0.39, 0.29) is 5.92 Å². The first-order valence-electron chi connectivity index (χ1n) is 6.43. The normalized spacial score (nSPS) is 13.2. The summed E-state index contributed by atoms with van der Waals surface area (Å²) in [5, 5.41) is 0. The van der Waals surface area contributed by atoms with Gasteiger partial charge in [0, 0.05) is 5.92 Å². The van der Waals surface area contributed by atoms with Gasteiger partial charge in [0.25, 0.3) is 0 Å². The highest BCUT2D eigenvalue weighted by Crippen LogP contribution is 2.08. The number of hydrogen-bond donors (Lipinski definition) is 0. The zero-order valence-corrected chi connectivity index (χ0v) is 10.4. The fraction of sp³-hybridized carbons (Fsp3) is 0.786. The maximum Gasteiger partial charge on any atom is 0.126 e. The van der Waals surface area contributed by atoms with Gasteiger partial charge >= 0.3 is 0 Å². The Morgan fingerprint density at radius 2 is 1.60 bits per heavy atom. The van der Waals surface area contributed by atoms with E-state index >= 15 is 0 Å². The molecular formula is C14H26O. The molecule has 0 aromatic rings. The van der Waals surface area contributed by atoms with E-state index in [1.165, 1.54) is 44.9 Å². The molecule has 0 aromatic heterocycles. The fourth-order valence-electron chi connectivity index (χ4n) is 1.58. The monoisotopic (exact) mass is 210 g/mol. The average molecular weight is 210 g/mol. The number of unbranched alkanes of at least 4 members (excludes halogenated alkanes) is 7. The second-order valence-electron chi connectivity index (χ2n) is 4.33. The van der Waals surface area contributed by atoms with Gasteiger partial charge in [-0.3, -0.25) is 0 Å². The molecule has 0 heterocycles. The first kappa shape index (κ1) is 14.4. The van der Waals surface area contributed by atoms with Crippen LogP contribution < -0.4 is 0 Å². The Morgan fingerprint density at radius 1 is 1.00 bits per heavy atom. The lowest BCUT2D eigenvalue weighted by molar-refractivity contribution is -0.109. The van der Waals surface area contributed by atoms with E-state index in [4.69, 9.17) is 0 Å². The molecule has 88 valence electrons. The lowest BCUT2D eigenvalue weighted by Gasteiger charge is -1.99. The number of rotatable bonds is 10. The minimum atomic E-state index is 0.0922. The maximum atomic E-state index is 10.3. The second kappa shape index (κ2) is 11.5. The van der Waals surface area contributed by atoms with Gasteiger partial charge in [0.15, 0.2) is 0 Å². The molecular weight excluding hydrogens is 184 g/mol. The Morgan fingerprint density at radius 3 is 2.20 bits per heavy atom. The summed E-state index contributed by atoms with van der Waals surface area (Å²) in [5.41, 5.74) is 0. The molecule has 0 saturated heterocycles. The first-order chi connectivity index (χ1) is 7.31. The van der Waals surface area contributed by atoms with Crippen molar-refractivity contribution in [3.05, 3.63) is 12.2 Å². The summed E-state index contributed by atoms with van der Waals surface area (Å²) in [6.45, 7) is 4.17. The molecule has 0 spiro atoms. The van der Waals surface area contributed by atoms with E-state index in [1.807, 2.05) is 13.0 Å². The van der Waals surface area contributed by atoms with Crippen molar-refractivity contribution >= 4 is 6.29 Å². The molecule has 1 nitrogen and oxygen atoms in total. The van der Waals surface area contributed by atoms with Crippen LogP contribution in [-0.4, -0.2) is 6.29 Å². The van der Waals surface area contributed by atoms with E-state index in [1.54, 1.807) is 0 Å². The zero-order chi connectivity index (χ0) is 11.4. The molecule has 1 atom stereocenters. The molecule has 0 aromatic carbocycles. The SMILES string of the molecule is CCCCCCCCC/C=C/[C@H](C)C=O. The van der Waals surface area contributed by atoms with Crippen LogP contribution in [0.2, 0.25) is 0 Å². The van der Waals surface area contributed by atoms with Crippen LogP contribution in [0.3, 0.4) is 0 Å². The summed E-state index contributed by atoms with van der Waals surface area (Å²) in [5.74, 6) is 0.0922. The quantitative estimate of drug-likeness (QED) is 0.294. The second-order valence-corrected chi connectivity index (χ2v) is 4.33. The summed E-state index contributed by atoms with van der Waals surface area (Å²) < 4.78 is 0. The van der Waals surface area contributed by atoms with E-state index in [0.717, 1.165) is 12.7 Å². The minimum Gasteiger partial charge on any atom is -0.303 e. The van der Waals surface area contributed by atoms with Gasteiger partial charge in [0.05, 0.1) is 0 Å². The van der Waals surface area contributed by atoms with Crippen LogP contribution in [0.4, 0.5) is 0 Å². The molecule has 0 bridgehead atoms. The van der Waals surface area contributed by atoms with Crippen molar-refractivity contribution in [1.82, 2.24) is 0 Å². The summed E-state index contributed by atoms with van der Waals surface area (Å²) in [6.07, 6.45) is 15.7. The van der Waals surface area contributed by atoms with Crippen molar-refractivity contribution in [2.75, 3.05) is 0 Å². The molecule has 15 heavy (non-hydrogen) atoms. The number of allylic oxidation sites excluding steroid dienone is 2. The number of carbonyl (C=O) groups excluding carboxylic acids is 1. The Balaban J connectivity index is 3.11. The molecule has 0 N–H and O–H groups in total. The molecule has 0 fully saturated rings. The van der Waals surface area contributed by atoms with Crippen molar-refractivity contribution in [3.8, 4) is 0 Å².